The summed E-state index contributed by atoms with van der Waals surface area (Å²) < 4.78 is 3.52. The van der Waals surface area contributed by atoms with E-state index in [4.69, 9.17) is 4.98 Å². The molecule has 0 saturated heterocycles. The maximum absolute atomic E-state index is 5.11. The molecule has 0 spiro atoms. The van der Waals surface area contributed by atoms with Gasteiger partial charge in [0.25, 0.3) is 0 Å². The maximum Gasteiger partial charge on any atom is 0.0798 e. The molecule has 0 saturated carbocycles. The van der Waals surface area contributed by atoms with Crippen LogP contribution >= 0.6 is 11.3 Å². The van der Waals surface area contributed by atoms with Crippen LogP contribution < -0.4 is 5.19 Å². The molecule has 299 valence electrons. The van der Waals surface area contributed by atoms with E-state index in [9.17, 15) is 0 Å². The van der Waals surface area contributed by atoms with Gasteiger partial charge in [0.15, 0.2) is 0 Å². The van der Waals surface area contributed by atoms with E-state index in [0.717, 1.165) is 45.8 Å². The Bertz CT molecular complexity index is 2610. The van der Waals surface area contributed by atoms with Crippen molar-refractivity contribution in [2.24, 2.45) is 5.92 Å². The average molecular weight is 974 g/mol. The Labute approximate surface area is 365 Å². The molecule has 0 aliphatic rings. The van der Waals surface area contributed by atoms with Crippen molar-refractivity contribution in [2.75, 3.05) is 0 Å². The molecule has 8 aromatic rings. The zero-order chi connectivity index (χ0) is 40.5. The summed E-state index contributed by atoms with van der Waals surface area (Å²) in [5, 5.41) is 6.30. The molecule has 0 aliphatic heterocycles. The molecule has 3 nitrogen and oxygen atoms in total. The van der Waals surface area contributed by atoms with E-state index >= 15 is 0 Å². The predicted molar refractivity (Wildman–Crippen MR) is 249 cm³/mol. The minimum atomic E-state index is -1.34. The van der Waals surface area contributed by atoms with E-state index in [-0.39, 0.29) is 25.5 Å². The first-order valence-electron chi connectivity index (χ1n) is 20.3. The first-order chi connectivity index (χ1) is 27.2. The molecule has 5 aromatic carbocycles. The summed E-state index contributed by atoms with van der Waals surface area (Å²) in [5.41, 5.74) is 13.2. The number of fused-ring (bicyclic) bond motifs is 2. The smallest absolute Gasteiger partial charge is 0.0798 e. The van der Waals surface area contributed by atoms with E-state index in [1.807, 2.05) is 18.2 Å². The normalized spacial score (nSPS) is 11.9. The topological polar surface area (TPSA) is 30.7 Å². The van der Waals surface area contributed by atoms with Crippen LogP contribution in [0.25, 0.3) is 60.6 Å². The molecule has 0 N–H and O–H groups in total. The van der Waals surface area contributed by atoms with Crippen molar-refractivity contribution in [1.82, 2.24) is 14.5 Å². The molecule has 0 amide bonds. The van der Waals surface area contributed by atoms with Crippen molar-refractivity contribution < 1.29 is 20.1 Å². The Balaban J connectivity index is 0.000000230. The van der Waals surface area contributed by atoms with Gasteiger partial charge in [-0.25, -0.2) is 0 Å². The SMILES string of the molecule is CC(C)Cc1cc(-c2[c-]cccc2)ncc1[Si](C)(C)C.CC(C)c1ccc2s[c-]c(-c3nc4ccccc4n3-c3ccc(-c4ccc(C(C)(C)C)cc4)cc3)c2c1.[Ir]. The summed E-state index contributed by atoms with van der Waals surface area (Å²) in [4.78, 5) is 9.79. The third-order valence-corrected chi connectivity index (χ3v) is 13.6. The molecule has 8 rings (SSSR count). The molecule has 58 heavy (non-hydrogen) atoms. The van der Waals surface area contributed by atoms with E-state index in [1.165, 1.54) is 43.1 Å². The van der Waals surface area contributed by atoms with Gasteiger partial charge in [-0.05, 0) is 75.5 Å². The first kappa shape index (κ1) is 43.1. The van der Waals surface area contributed by atoms with E-state index < -0.39 is 8.07 Å². The second-order valence-electron chi connectivity index (χ2n) is 18.0. The van der Waals surface area contributed by atoms with Gasteiger partial charge in [-0.2, -0.15) is 0 Å². The number of imidazole rings is 1. The zero-order valence-corrected chi connectivity index (χ0v) is 39.8. The summed E-state index contributed by atoms with van der Waals surface area (Å²) in [5.74, 6) is 2.08. The second kappa shape index (κ2) is 17.8. The minimum absolute atomic E-state index is 0. The second-order valence-corrected chi connectivity index (χ2v) is 23.9. The van der Waals surface area contributed by atoms with Crippen LogP contribution in [0.15, 0.2) is 128 Å². The van der Waals surface area contributed by atoms with E-state index in [2.05, 4.69) is 198 Å². The summed E-state index contributed by atoms with van der Waals surface area (Å²) in [7, 11) is -1.34. The fraction of sp³-hybridized carbons (Fsp3) is 0.269. The van der Waals surface area contributed by atoms with Gasteiger partial charge in [0.1, 0.15) is 0 Å². The van der Waals surface area contributed by atoms with Crippen molar-refractivity contribution >= 4 is 45.7 Å². The standard InChI is InChI=1S/C34H31N2S.C18H24NSi.Ir/c1-22(2)25-14-19-32-28(20-25)29(21-37-32)33-35-30-8-6-7-9-31(30)36(33)27-17-12-24(13-18-27)23-10-15-26(16-11-23)34(3,4)5;1-14(2)11-16-12-17(15-9-7-6-8-10-15)19-13-18(16)20(3,4)5;/h6-20,22H,1-5H3;6-9,12-14H,11H2,1-5H3;/q2*-1;. The van der Waals surface area contributed by atoms with Crippen LogP contribution in [0, 0.1) is 17.4 Å². The molecule has 0 fully saturated rings. The Morgan fingerprint density at radius 2 is 1.45 bits per heavy atom. The Morgan fingerprint density at radius 3 is 2.07 bits per heavy atom. The summed E-state index contributed by atoms with van der Waals surface area (Å²) >= 11 is 1.67. The largest absolute Gasteiger partial charge is 0.333 e. The van der Waals surface area contributed by atoms with Gasteiger partial charge >= 0.3 is 0 Å². The number of hydrogen-bond acceptors (Lipinski definition) is 3. The monoisotopic (exact) mass is 974 g/mol. The van der Waals surface area contributed by atoms with Crippen LogP contribution in [-0.4, -0.2) is 22.6 Å². The fourth-order valence-electron chi connectivity index (χ4n) is 7.42. The van der Waals surface area contributed by atoms with E-state index in [0.29, 0.717) is 11.8 Å². The summed E-state index contributed by atoms with van der Waals surface area (Å²) in [6.07, 6.45) is 3.24. The first-order valence-corrected chi connectivity index (χ1v) is 24.6. The van der Waals surface area contributed by atoms with Crippen molar-refractivity contribution in [3.63, 3.8) is 0 Å². The van der Waals surface area contributed by atoms with Crippen molar-refractivity contribution in [3.8, 4) is 39.5 Å². The molecule has 3 heterocycles. The number of thiophene rings is 1. The van der Waals surface area contributed by atoms with Crippen LogP contribution in [0.5, 0.6) is 0 Å². The predicted octanol–water partition coefficient (Wildman–Crippen LogP) is 14.1. The number of hydrogen-bond donors (Lipinski definition) is 0. The van der Waals surface area contributed by atoms with Crippen molar-refractivity contribution in [1.29, 1.82) is 0 Å². The number of benzene rings is 5. The zero-order valence-electron chi connectivity index (χ0n) is 35.6. The summed E-state index contributed by atoms with van der Waals surface area (Å²) in [6, 6.07) is 46.6. The molecule has 3 aromatic heterocycles. The number of aromatic nitrogens is 3. The Hall–Kier alpha value is -4.45. The molecular weight excluding hydrogens is 919 g/mol. The van der Waals surface area contributed by atoms with Gasteiger partial charge in [0, 0.05) is 32.0 Å². The van der Waals surface area contributed by atoms with Crippen LogP contribution in [0.3, 0.4) is 0 Å². The fourth-order valence-corrected chi connectivity index (χ4v) is 9.83. The maximum atomic E-state index is 5.11. The van der Waals surface area contributed by atoms with Crippen LogP contribution in [0.2, 0.25) is 19.6 Å². The van der Waals surface area contributed by atoms with Gasteiger partial charge < -0.3 is 9.55 Å². The molecule has 0 unspecified atom stereocenters. The molecule has 6 heteroatoms. The van der Waals surface area contributed by atoms with Crippen LogP contribution in [0.4, 0.5) is 0 Å². The Morgan fingerprint density at radius 1 is 0.776 bits per heavy atom. The van der Waals surface area contributed by atoms with Crippen LogP contribution in [-0.2, 0) is 31.9 Å². The van der Waals surface area contributed by atoms with Crippen LogP contribution in [0.1, 0.15) is 71.1 Å². The Kier molecular flexibility index (Phi) is 13.2. The minimum Gasteiger partial charge on any atom is -0.333 e. The van der Waals surface area contributed by atoms with E-state index in [1.54, 1.807) is 11.3 Å². The van der Waals surface area contributed by atoms with Gasteiger partial charge in [-0.1, -0.05) is 162 Å². The van der Waals surface area contributed by atoms with Crippen molar-refractivity contribution in [3.05, 3.63) is 156 Å². The molecule has 0 atom stereocenters. The number of rotatable bonds is 8. The number of nitrogens with zero attached hydrogens (tertiary/aromatic N) is 3. The molecule has 0 aliphatic carbocycles. The van der Waals surface area contributed by atoms with Crippen molar-refractivity contribution in [2.45, 2.75) is 85.9 Å². The number of pyridine rings is 1. The average Bonchev–Trinajstić information content (AvgIpc) is 3.79. The van der Waals surface area contributed by atoms with Gasteiger partial charge in [0.2, 0.25) is 0 Å². The third-order valence-electron chi connectivity index (χ3n) is 10.6. The number of para-hydroxylation sites is 2. The molecule has 1 radical (unpaired) electrons. The summed E-state index contributed by atoms with van der Waals surface area (Å²) in [6.45, 7) is 23.0. The van der Waals surface area contributed by atoms with Gasteiger partial charge in [-0.3, -0.25) is 16.3 Å². The third kappa shape index (κ3) is 9.53. The van der Waals surface area contributed by atoms with Gasteiger partial charge in [-0.15, -0.1) is 47.3 Å². The van der Waals surface area contributed by atoms with Gasteiger partial charge in [0.05, 0.1) is 24.9 Å². The quantitative estimate of drug-likeness (QED) is 0.112. The molecule has 0 bridgehead atoms. The molecular formula is C52H55IrN3SSi-2.